The number of thiazole rings is 1. The summed E-state index contributed by atoms with van der Waals surface area (Å²) in [5.74, 6) is 2.26. The molecule has 6 aromatic rings. The molecule has 4 bridgehead atoms. The number of aromatic carboxylic acids is 1. The van der Waals surface area contributed by atoms with E-state index in [9.17, 15) is 9.90 Å². The molecule has 0 aliphatic heterocycles. The Labute approximate surface area is 274 Å². The fourth-order valence-electron chi connectivity index (χ4n) is 9.10. The highest BCUT2D eigenvalue weighted by Crippen LogP contribution is 2.60. The van der Waals surface area contributed by atoms with Crippen LogP contribution in [0.1, 0.15) is 54.6 Å². The van der Waals surface area contributed by atoms with Crippen LogP contribution in [0.15, 0.2) is 55.1 Å². The molecule has 0 atom stereocenters. The number of hydrogen-bond donors (Lipinski definition) is 2. The first-order chi connectivity index (χ1) is 22.9. The Bertz CT molecular complexity index is 2130. The number of nitrogens with one attached hydrogen (secondary N) is 1. The molecule has 12 heteroatoms. The maximum absolute atomic E-state index is 12.8. The van der Waals surface area contributed by atoms with Crippen LogP contribution in [-0.2, 0) is 6.54 Å². The Morgan fingerprint density at radius 2 is 1.79 bits per heavy atom. The number of carboxylic acid groups (broad SMARTS) is 1. The summed E-state index contributed by atoms with van der Waals surface area (Å²) in [5, 5.41) is 19.2. The average molecular weight is 647 g/mol. The molecule has 4 aliphatic rings. The van der Waals surface area contributed by atoms with Crippen LogP contribution >= 0.6 is 11.3 Å². The number of anilines is 2. The minimum absolute atomic E-state index is 0.130. The van der Waals surface area contributed by atoms with Crippen molar-refractivity contribution in [1.82, 2.24) is 34.1 Å². The van der Waals surface area contributed by atoms with Gasteiger partial charge >= 0.3 is 5.97 Å². The number of para-hydroxylation sites is 1. The number of aromatic nitrogens is 7. The molecule has 238 valence electrons. The number of benzene rings is 1. The third-order valence-corrected chi connectivity index (χ3v) is 11.6. The van der Waals surface area contributed by atoms with Crippen LogP contribution < -0.4 is 10.1 Å². The molecule has 5 heterocycles. The van der Waals surface area contributed by atoms with Crippen molar-refractivity contribution in [3.8, 4) is 28.4 Å². The number of fused-ring (bicyclic) bond motifs is 2. The van der Waals surface area contributed by atoms with Gasteiger partial charge in [-0.1, -0.05) is 23.5 Å². The van der Waals surface area contributed by atoms with E-state index in [1.807, 2.05) is 42.7 Å². The van der Waals surface area contributed by atoms with Crippen LogP contribution in [0, 0.1) is 30.1 Å². The molecule has 11 nitrogen and oxygen atoms in total. The fourth-order valence-corrected chi connectivity index (χ4v) is 9.96. The molecule has 4 aliphatic carbocycles. The Morgan fingerprint density at radius 1 is 1.02 bits per heavy atom. The minimum atomic E-state index is -1.05. The number of rotatable bonds is 8. The van der Waals surface area contributed by atoms with Crippen molar-refractivity contribution in [2.45, 2.75) is 52.0 Å². The summed E-state index contributed by atoms with van der Waals surface area (Å²) in [6.07, 6.45) is 15.0. The summed E-state index contributed by atoms with van der Waals surface area (Å²) in [6.45, 7) is 2.96. The van der Waals surface area contributed by atoms with Gasteiger partial charge in [-0.2, -0.15) is 5.10 Å². The van der Waals surface area contributed by atoms with Gasteiger partial charge in [0.05, 0.1) is 41.6 Å². The molecular weight excluding hydrogens is 613 g/mol. The summed E-state index contributed by atoms with van der Waals surface area (Å²) in [4.78, 5) is 31.3. The third kappa shape index (κ3) is 4.68. The molecule has 0 radical (unpaired) electrons. The van der Waals surface area contributed by atoms with Gasteiger partial charge in [-0.25, -0.2) is 24.7 Å². The molecule has 1 aromatic carbocycles. The van der Waals surface area contributed by atoms with E-state index in [1.165, 1.54) is 57.0 Å². The van der Waals surface area contributed by atoms with E-state index < -0.39 is 5.97 Å². The molecule has 4 saturated carbocycles. The maximum atomic E-state index is 12.8. The predicted octanol–water partition coefficient (Wildman–Crippen LogP) is 7.24. The standard InChI is InChI=1S/C35H34N8O3S/c1-19-24(15-38-43(19)18-35-12-20-9-21(13-35)11-22(10-20)14-35)23-7-8-42-27(17-37-31(42)29(23)33(44)45)26-16-36-30(32(39-26)46-2)41-34-40-25-5-3-4-6-28(25)47-34/h3-8,15-17,20-22H,9-14,18H2,1-2H3,(H,44,45)(H,36,40,41). The lowest BCUT2D eigenvalue weighted by atomic mass is 9.49. The third-order valence-electron chi connectivity index (χ3n) is 10.7. The van der Waals surface area contributed by atoms with Gasteiger partial charge in [0.2, 0.25) is 0 Å². The van der Waals surface area contributed by atoms with Crippen molar-refractivity contribution in [3.63, 3.8) is 0 Å². The van der Waals surface area contributed by atoms with E-state index in [2.05, 4.69) is 31.9 Å². The molecule has 0 amide bonds. The average Bonchev–Trinajstić information content (AvgIpc) is 3.76. The lowest BCUT2D eigenvalue weighted by Crippen LogP contribution is -2.48. The van der Waals surface area contributed by atoms with Gasteiger partial charge in [0.25, 0.3) is 5.88 Å². The first kappa shape index (κ1) is 28.4. The SMILES string of the molecule is COc1nc(-c2cnc3c(C(=O)O)c(-c4cnn(CC56CC7CC(CC(C7)C5)C6)c4C)ccn23)cnc1Nc1nc2ccccc2s1. The second kappa shape index (κ2) is 10.6. The summed E-state index contributed by atoms with van der Waals surface area (Å²) in [6, 6.07) is 9.75. The van der Waals surface area contributed by atoms with Gasteiger partial charge in [-0.3, -0.25) is 9.08 Å². The number of hydrogen-bond acceptors (Lipinski definition) is 9. The predicted molar refractivity (Wildman–Crippen MR) is 179 cm³/mol. The van der Waals surface area contributed by atoms with Crippen LogP contribution in [0.3, 0.4) is 0 Å². The van der Waals surface area contributed by atoms with Crippen LogP contribution in [0.5, 0.6) is 5.88 Å². The molecule has 0 saturated heterocycles. The topological polar surface area (TPSA) is 132 Å². The molecule has 5 aromatic heterocycles. The molecule has 0 spiro atoms. The Kier molecular flexibility index (Phi) is 6.40. The van der Waals surface area contributed by atoms with Crippen LogP contribution in [0.25, 0.3) is 38.4 Å². The van der Waals surface area contributed by atoms with Gasteiger partial charge in [0.1, 0.15) is 11.3 Å². The van der Waals surface area contributed by atoms with Gasteiger partial charge in [-0.05, 0) is 86.8 Å². The monoisotopic (exact) mass is 646 g/mol. The first-order valence-corrected chi connectivity index (χ1v) is 17.0. The second-order valence-corrected chi connectivity index (χ2v) is 14.7. The van der Waals surface area contributed by atoms with Gasteiger partial charge < -0.3 is 15.2 Å². The zero-order valence-electron chi connectivity index (χ0n) is 26.2. The number of carboxylic acids is 1. The quantitative estimate of drug-likeness (QED) is 0.176. The lowest BCUT2D eigenvalue weighted by Gasteiger charge is -2.56. The minimum Gasteiger partial charge on any atom is -0.478 e. The van der Waals surface area contributed by atoms with E-state index in [0.29, 0.717) is 39.0 Å². The van der Waals surface area contributed by atoms with Crippen molar-refractivity contribution < 1.29 is 14.6 Å². The first-order valence-electron chi connectivity index (χ1n) is 16.2. The second-order valence-electron chi connectivity index (χ2n) is 13.7. The van der Waals surface area contributed by atoms with E-state index in [4.69, 9.17) is 14.8 Å². The van der Waals surface area contributed by atoms with E-state index in [1.54, 1.807) is 16.8 Å². The van der Waals surface area contributed by atoms with E-state index >= 15 is 0 Å². The fraction of sp³-hybridized carbons (Fsp3) is 0.371. The maximum Gasteiger partial charge on any atom is 0.340 e. The smallest absolute Gasteiger partial charge is 0.340 e. The lowest BCUT2D eigenvalue weighted by molar-refractivity contribution is -0.0638. The molecule has 4 fully saturated rings. The Morgan fingerprint density at radius 3 is 2.51 bits per heavy atom. The van der Waals surface area contributed by atoms with Crippen LogP contribution in [0.2, 0.25) is 0 Å². The number of carbonyl (C=O) groups is 1. The highest BCUT2D eigenvalue weighted by molar-refractivity contribution is 7.22. The van der Waals surface area contributed by atoms with Gasteiger partial charge in [-0.15, -0.1) is 0 Å². The van der Waals surface area contributed by atoms with Crippen LogP contribution in [0.4, 0.5) is 10.9 Å². The van der Waals surface area contributed by atoms with Gasteiger partial charge in [0, 0.05) is 29.6 Å². The number of methoxy groups -OCH3 is 1. The summed E-state index contributed by atoms with van der Waals surface area (Å²) < 4.78 is 10.5. The number of ether oxygens (including phenoxy) is 1. The Balaban J connectivity index is 1.04. The molecule has 10 rings (SSSR count). The summed E-state index contributed by atoms with van der Waals surface area (Å²) in [5.41, 5.74) is 5.19. The summed E-state index contributed by atoms with van der Waals surface area (Å²) in [7, 11) is 1.53. The van der Waals surface area contributed by atoms with Crippen molar-refractivity contribution in [3.05, 3.63) is 66.4 Å². The van der Waals surface area contributed by atoms with E-state index in [-0.39, 0.29) is 11.4 Å². The van der Waals surface area contributed by atoms with Crippen molar-refractivity contribution in [1.29, 1.82) is 0 Å². The molecule has 0 unspecified atom stereocenters. The molecular formula is C35H34N8O3S. The highest BCUT2D eigenvalue weighted by atomic mass is 32.1. The molecule has 47 heavy (non-hydrogen) atoms. The van der Waals surface area contributed by atoms with Crippen molar-refractivity contribution in [2.75, 3.05) is 12.4 Å². The largest absolute Gasteiger partial charge is 0.478 e. The number of nitrogens with zero attached hydrogens (tertiary/aromatic N) is 7. The number of imidazole rings is 1. The number of pyridine rings is 1. The normalized spacial score (nSPS) is 23.1. The van der Waals surface area contributed by atoms with E-state index in [0.717, 1.165) is 45.8 Å². The summed E-state index contributed by atoms with van der Waals surface area (Å²) >= 11 is 1.51. The highest BCUT2D eigenvalue weighted by Gasteiger charge is 2.51. The zero-order valence-corrected chi connectivity index (χ0v) is 27.0. The molecule has 2 N–H and O–H groups in total. The Hall–Kier alpha value is -4.84. The van der Waals surface area contributed by atoms with Crippen LogP contribution in [-0.4, -0.2) is 52.3 Å². The van der Waals surface area contributed by atoms with Crippen molar-refractivity contribution >= 4 is 44.1 Å². The zero-order chi connectivity index (χ0) is 31.9. The van der Waals surface area contributed by atoms with Gasteiger partial charge in [0.15, 0.2) is 16.6 Å². The van der Waals surface area contributed by atoms with Crippen molar-refractivity contribution in [2.24, 2.45) is 23.2 Å².